The van der Waals surface area contributed by atoms with Gasteiger partial charge in [0, 0.05) is 30.9 Å². The molecule has 0 aliphatic rings. The largest absolute Gasteiger partial charge is 0.469 e. The van der Waals surface area contributed by atoms with Crippen molar-refractivity contribution in [1.82, 2.24) is 10.3 Å². The van der Waals surface area contributed by atoms with Crippen LogP contribution >= 0.6 is 0 Å². The quantitative estimate of drug-likeness (QED) is 0.848. The van der Waals surface area contributed by atoms with Crippen LogP contribution in [-0.2, 0) is 6.42 Å². The van der Waals surface area contributed by atoms with Crippen LogP contribution in [0.1, 0.15) is 30.1 Å². The highest BCUT2D eigenvalue weighted by Crippen LogP contribution is 2.09. The number of carbonyl (C=O) groups excluding carboxylic acids is 1. The van der Waals surface area contributed by atoms with E-state index in [9.17, 15) is 4.79 Å². The standard InChI is InChI=1S/C15H19N3O2/c1-3-16-12-6-7-17-14(10-12)15(19)18-11(2)9-13-5-4-8-20-13/h4-8,10-11H,3,9H2,1-2H3,(H,16,17)(H,18,19). The van der Waals surface area contributed by atoms with E-state index in [0.717, 1.165) is 18.0 Å². The molecule has 0 saturated heterocycles. The minimum atomic E-state index is -0.177. The van der Waals surface area contributed by atoms with E-state index in [4.69, 9.17) is 4.42 Å². The van der Waals surface area contributed by atoms with Crippen LogP contribution in [0.5, 0.6) is 0 Å². The summed E-state index contributed by atoms with van der Waals surface area (Å²) >= 11 is 0. The first kappa shape index (κ1) is 14.1. The minimum Gasteiger partial charge on any atom is -0.469 e. The average molecular weight is 273 g/mol. The Labute approximate surface area is 118 Å². The summed E-state index contributed by atoms with van der Waals surface area (Å²) in [6.45, 7) is 4.75. The van der Waals surface area contributed by atoms with Crippen molar-refractivity contribution in [3.05, 3.63) is 48.2 Å². The van der Waals surface area contributed by atoms with E-state index in [1.807, 2.05) is 32.0 Å². The molecule has 1 amide bonds. The first-order valence-corrected chi connectivity index (χ1v) is 6.72. The number of nitrogens with zero attached hydrogens (tertiary/aromatic N) is 1. The predicted octanol–water partition coefficient (Wildman–Crippen LogP) is 2.47. The summed E-state index contributed by atoms with van der Waals surface area (Å²) in [6, 6.07) is 7.31. The molecule has 2 aromatic heterocycles. The van der Waals surface area contributed by atoms with E-state index in [-0.39, 0.29) is 11.9 Å². The number of carbonyl (C=O) groups is 1. The lowest BCUT2D eigenvalue weighted by molar-refractivity contribution is 0.0934. The summed E-state index contributed by atoms with van der Waals surface area (Å²) < 4.78 is 5.27. The highest BCUT2D eigenvalue weighted by Gasteiger charge is 2.12. The average Bonchev–Trinajstić information content (AvgIpc) is 2.92. The number of nitrogens with one attached hydrogen (secondary N) is 2. The summed E-state index contributed by atoms with van der Waals surface area (Å²) in [7, 11) is 0. The third kappa shape index (κ3) is 3.85. The smallest absolute Gasteiger partial charge is 0.270 e. The Bertz CT molecular complexity index is 552. The van der Waals surface area contributed by atoms with Crippen molar-refractivity contribution >= 4 is 11.6 Å². The molecule has 5 nitrogen and oxygen atoms in total. The molecule has 0 fully saturated rings. The van der Waals surface area contributed by atoms with Gasteiger partial charge in [0.15, 0.2) is 0 Å². The Balaban J connectivity index is 1.95. The Morgan fingerprint density at radius 2 is 2.30 bits per heavy atom. The molecule has 0 radical (unpaired) electrons. The molecule has 5 heteroatoms. The summed E-state index contributed by atoms with van der Waals surface area (Å²) in [5.74, 6) is 0.677. The normalized spacial score (nSPS) is 11.9. The molecule has 0 spiro atoms. The molecule has 0 aliphatic heterocycles. The monoisotopic (exact) mass is 273 g/mol. The lowest BCUT2D eigenvalue weighted by Gasteiger charge is -2.12. The molecule has 2 rings (SSSR count). The Morgan fingerprint density at radius 3 is 3.00 bits per heavy atom. The minimum absolute atomic E-state index is 0.0155. The fraction of sp³-hybridized carbons (Fsp3) is 0.333. The zero-order valence-corrected chi connectivity index (χ0v) is 11.7. The predicted molar refractivity (Wildman–Crippen MR) is 77.7 cm³/mol. The highest BCUT2D eigenvalue weighted by molar-refractivity contribution is 5.93. The number of pyridine rings is 1. The lowest BCUT2D eigenvalue weighted by Crippen LogP contribution is -2.34. The molecule has 1 atom stereocenters. The van der Waals surface area contributed by atoms with Gasteiger partial charge in [-0.25, -0.2) is 0 Å². The zero-order valence-electron chi connectivity index (χ0n) is 11.7. The number of hydrogen-bond donors (Lipinski definition) is 2. The summed E-state index contributed by atoms with van der Waals surface area (Å²) in [4.78, 5) is 16.2. The number of rotatable bonds is 6. The summed E-state index contributed by atoms with van der Waals surface area (Å²) in [6.07, 6.45) is 3.92. The molecule has 20 heavy (non-hydrogen) atoms. The van der Waals surface area contributed by atoms with Gasteiger partial charge in [-0.1, -0.05) is 0 Å². The van der Waals surface area contributed by atoms with Gasteiger partial charge >= 0.3 is 0 Å². The second kappa shape index (κ2) is 6.75. The first-order chi connectivity index (χ1) is 9.69. The second-order valence-corrected chi connectivity index (χ2v) is 4.62. The fourth-order valence-corrected chi connectivity index (χ4v) is 1.95. The van der Waals surface area contributed by atoms with Crippen molar-refractivity contribution in [2.45, 2.75) is 26.3 Å². The number of aromatic nitrogens is 1. The van der Waals surface area contributed by atoms with E-state index < -0.39 is 0 Å². The van der Waals surface area contributed by atoms with Gasteiger partial charge in [-0.3, -0.25) is 9.78 Å². The van der Waals surface area contributed by atoms with Gasteiger partial charge in [0.2, 0.25) is 0 Å². The van der Waals surface area contributed by atoms with Gasteiger partial charge in [0.25, 0.3) is 5.91 Å². The van der Waals surface area contributed by atoms with Crippen molar-refractivity contribution in [2.24, 2.45) is 0 Å². The van der Waals surface area contributed by atoms with Crippen molar-refractivity contribution < 1.29 is 9.21 Å². The Hall–Kier alpha value is -2.30. The van der Waals surface area contributed by atoms with Crippen molar-refractivity contribution in [1.29, 1.82) is 0 Å². The van der Waals surface area contributed by atoms with Crippen LogP contribution in [-0.4, -0.2) is 23.5 Å². The number of hydrogen-bond acceptors (Lipinski definition) is 4. The van der Waals surface area contributed by atoms with Crippen LogP contribution in [0.3, 0.4) is 0 Å². The van der Waals surface area contributed by atoms with Crippen molar-refractivity contribution in [2.75, 3.05) is 11.9 Å². The van der Waals surface area contributed by atoms with Crippen LogP contribution in [0.4, 0.5) is 5.69 Å². The molecule has 106 valence electrons. The van der Waals surface area contributed by atoms with Gasteiger partial charge in [-0.05, 0) is 38.1 Å². The lowest BCUT2D eigenvalue weighted by atomic mass is 10.2. The van der Waals surface area contributed by atoms with Gasteiger partial charge in [0.05, 0.1) is 6.26 Å². The molecule has 0 saturated carbocycles. The molecular formula is C15H19N3O2. The van der Waals surface area contributed by atoms with E-state index in [1.165, 1.54) is 0 Å². The van der Waals surface area contributed by atoms with Crippen LogP contribution in [0.15, 0.2) is 41.1 Å². The molecule has 0 bridgehead atoms. The zero-order chi connectivity index (χ0) is 14.4. The van der Waals surface area contributed by atoms with E-state index in [1.54, 1.807) is 18.5 Å². The van der Waals surface area contributed by atoms with E-state index in [2.05, 4.69) is 15.6 Å². The van der Waals surface area contributed by atoms with Crippen molar-refractivity contribution in [3.63, 3.8) is 0 Å². The molecule has 0 aromatic carbocycles. The van der Waals surface area contributed by atoms with Gasteiger partial charge < -0.3 is 15.1 Å². The Kier molecular flexibility index (Phi) is 4.76. The summed E-state index contributed by atoms with van der Waals surface area (Å²) in [5, 5.41) is 6.07. The van der Waals surface area contributed by atoms with Crippen LogP contribution in [0.2, 0.25) is 0 Å². The van der Waals surface area contributed by atoms with E-state index >= 15 is 0 Å². The third-order valence-electron chi connectivity index (χ3n) is 2.84. The maximum atomic E-state index is 12.1. The third-order valence-corrected chi connectivity index (χ3v) is 2.84. The van der Waals surface area contributed by atoms with Gasteiger partial charge in [-0.15, -0.1) is 0 Å². The molecular weight excluding hydrogens is 254 g/mol. The SMILES string of the molecule is CCNc1ccnc(C(=O)NC(C)Cc2ccco2)c1. The molecule has 0 aliphatic carbocycles. The fourth-order valence-electron chi connectivity index (χ4n) is 1.95. The van der Waals surface area contributed by atoms with Crippen LogP contribution < -0.4 is 10.6 Å². The second-order valence-electron chi connectivity index (χ2n) is 4.62. The number of furan rings is 1. The van der Waals surface area contributed by atoms with Crippen molar-refractivity contribution in [3.8, 4) is 0 Å². The Morgan fingerprint density at radius 1 is 1.45 bits per heavy atom. The van der Waals surface area contributed by atoms with E-state index in [0.29, 0.717) is 12.1 Å². The topological polar surface area (TPSA) is 67.2 Å². The molecule has 1 unspecified atom stereocenters. The van der Waals surface area contributed by atoms with Gasteiger partial charge in [-0.2, -0.15) is 0 Å². The molecule has 2 heterocycles. The number of amides is 1. The van der Waals surface area contributed by atoms with Crippen LogP contribution in [0.25, 0.3) is 0 Å². The first-order valence-electron chi connectivity index (χ1n) is 6.72. The maximum Gasteiger partial charge on any atom is 0.270 e. The number of anilines is 1. The highest BCUT2D eigenvalue weighted by atomic mass is 16.3. The molecule has 2 N–H and O–H groups in total. The van der Waals surface area contributed by atoms with Gasteiger partial charge in [0.1, 0.15) is 11.5 Å². The van der Waals surface area contributed by atoms with Crippen LogP contribution in [0, 0.1) is 0 Å². The summed E-state index contributed by atoms with van der Waals surface area (Å²) in [5.41, 5.74) is 1.31. The maximum absolute atomic E-state index is 12.1. The molecule has 2 aromatic rings.